The summed E-state index contributed by atoms with van der Waals surface area (Å²) >= 11 is 0. The van der Waals surface area contributed by atoms with Crippen LogP contribution in [0.15, 0.2) is 30.3 Å². The molecular formula is C16H21NO. The van der Waals surface area contributed by atoms with Crippen LogP contribution in [0.5, 0.6) is 0 Å². The number of amides is 1. The molecule has 0 unspecified atom stereocenters. The van der Waals surface area contributed by atoms with E-state index in [2.05, 4.69) is 4.90 Å². The molecule has 0 heterocycles. The van der Waals surface area contributed by atoms with Crippen LogP contribution in [-0.4, -0.2) is 22.9 Å². The maximum absolute atomic E-state index is 12.7. The molecule has 0 N–H and O–H groups in total. The largest absolute Gasteiger partial charge is 0.333 e. The van der Waals surface area contributed by atoms with Gasteiger partial charge in [-0.2, -0.15) is 0 Å². The molecule has 0 bridgehead atoms. The van der Waals surface area contributed by atoms with Crippen molar-refractivity contribution in [2.24, 2.45) is 0 Å². The molecule has 96 valence electrons. The van der Waals surface area contributed by atoms with E-state index in [1.807, 2.05) is 30.3 Å². The molecule has 2 aliphatic carbocycles. The van der Waals surface area contributed by atoms with Gasteiger partial charge in [-0.1, -0.05) is 37.5 Å². The van der Waals surface area contributed by atoms with E-state index in [1.54, 1.807) is 0 Å². The van der Waals surface area contributed by atoms with Gasteiger partial charge >= 0.3 is 0 Å². The monoisotopic (exact) mass is 243 g/mol. The zero-order valence-corrected chi connectivity index (χ0v) is 10.8. The van der Waals surface area contributed by atoms with E-state index in [1.165, 1.54) is 44.9 Å². The minimum atomic E-state index is 0.255. The molecular weight excluding hydrogens is 222 g/mol. The van der Waals surface area contributed by atoms with E-state index in [4.69, 9.17) is 0 Å². The molecule has 1 aromatic rings. The lowest BCUT2D eigenvalue weighted by molar-refractivity contribution is 0.0614. The highest BCUT2D eigenvalue weighted by Crippen LogP contribution is 2.34. The number of benzene rings is 1. The first-order chi connectivity index (χ1) is 8.86. The summed E-state index contributed by atoms with van der Waals surface area (Å²) in [6.07, 6.45) is 8.73. The third-order valence-corrected chi connectivity index (χ3v) is 4.16. The lowest BCUT2D eigenvalue weighted by Gasteiger charge is -2.34. The van der Waals surface area contributed by atoms with Crippen molar-refractivity contribution in [3.05, 3.63) is 35.9 Å². The summed E-state index contributed by atoms with van der Waals surface area (Å²) in [6.45, 7) is 0. The quantitative estimate of drug-likeness (QED) is 0.794. The summed E-state index contributed by atoms with van der Waals surface area (Å²) in [6, 6.07) is 10.8. The van der Waals surface area contributed by atoms with E-state index in [0.29, 0.717) is 12.1 Å². The summed E-state index contributed by atoms with van der Waals surface area (Å²) in [5.74, 6) is 0.255. The first-order valence-corrected chi connectivity index (χ1v) is 7.24. The summed E-state index contributed by atoms with van der Waals surface area (Å²) in [4.78, 5) is 14.9. The van der Waals surface area contributed by atoms with Crippen molar-refractivity contribution in [2.75, 3.05) is 0 Å². The topological polar surface area (TPSA) is 20.3 Å². The van der Waals surface area contributed by atoms with Crippen LogP contribution in [0.4, 0.5) is 0 Å². The van der Waals surface area contributed by atoms with Gasteiger partial charge in [-0.05, 0) is 37.8 Å². The van der Waals surface area contributed by atoms with Gasteiger partial charge < -0.3 is 4.90 Å². The van der Waals surface area contributed by atoms with Gasteiger partial charge in [0.05, 0.1) is 0 Å². The molecule has 2 aliphatic rings. The summed E-state index contributed by atoms with van der Waals surface area (Å²) in [5.41, 5.74) is 0.856. The number of carbonyl (C=O) groups is 1. The first-order valence-electron chi connectivity index (χ1n) is 7.24. The molecule has 0 spiro atoms. The fourth-order valence-electron chi connectivity index (χ4n) is 3.07. The van der Waals surface area contributed by atoms with Crippen LogP contribution in [0.3, 0.4) is 0 Å². The number of hydrogen-bond acceptors (Lipinski definition) is 1. The van der Waals surface area contributed by atoms with Crippen LogP contribution < -0.4 is 0 Å². The Hall–Kier alpha value is -1.31. The summed E-state index contributed by atoms with van der Waals surface area (Å²) < 4.78 is 0. The van der Waals surface area contributed by atoms with Crippen molar-refractivity contribution in [1.82, 2.24) is 4.90 Å². The molecule has 18 heavy (non-hydrogen) atoms. The molecule has 0 radical (unpaired) electrons. The Bertz CT molecular complexity index is 404. The Balaban J connectivity index is 1.79. The third-order valence-electron chi connectivity index (χ3n) is 4.16. The van der Waals surface area contributed by atoms with Gasteiger partial charge in [0, 0.05) is 17.6 Å². The van der Waals surface area contributed by atoms with Gasteiger partial charge in [0.15, 0.2) is 0 Å². The fraction of sp³-hybridized carbons (Fsp3) is 0.562. The highest BCUT2D eigenvalue weighted by atomic mass is 16.2. The Morgan fingerprint density at radius 3 is 2.11 bits per heavy atom. The first kappa shape index (κ1) is 11.8. The second kappa shape index (κ2) is 5.13. The molecule has 2 heteroatoms. The lowest BCUT2D eigenvalue weighted by atomic mass is 9.93. The number of rotatable bonds is 3. The highest BCUT2D eigenvalue weighted by molar-refractivity contribution is 5.94. The molecule has 0 aliphatic heterocycles. The zero-order chi connectivity index (χ0) is 12.4. The van der Waals surface area contributed by atoms with Crippen LogP contribution >= 0.6 is 0 Å². The molecule has 0 aromatic heterocycles. The SMILES string of the molecule is O=C(c1ccccc1)N(C1CCCCC1)C1CC1. The number of hydrogen-bond donors (Lipinski definition) is 0. The van der Waals surface area contributed by atoms with E-state index in [0.717, 1.165) is 5.56 Å². The van der Waals surface area contributed by atoms with E-state index in [-0.39, 0.29) is 5.91 Å². The van der Waals surface area contributed by atoms with Crippen molar-refractivity contribution in [1.29, 1.82) is 0 Å². The summed E-state index contributed by atoms with van der Waals surface area (Å²) in [7, 11) is 0. The Kier molecular flexibility index (Phi) is 3.35. The third kappa shape index (κ3) is 2.43. The Morgan fingerprint density at radius 2 is 1.50 bits per heavy atom. The van der Waals surface area contributed by atoms with Crippen molar-refractivity contribution >= 4 is 5.91 Å². The standard InChI is InChI=1S/C16H21NO/c18-16(13-7-3-1-4-8-13)17(15-11-12-15)14-9-5-2-6-10-14/h1,3-4,7-8,14-15H,2,5-6,9-12H2. The fourth-order valence-corrected chi connectivity index (χ4v) is 3.07. The summed E-state index contributed by atoms with van der Waals surface area (Å²) in [5, 5.41) is 0. The van der Waals surface area contributed by atoms with Crippen LogP contribution in [0.2, 0.25) is 0 Å². The van der Waals surface area contributed by atoms with E-state index < -0.39 is 0 Å². The normalized spacial score (nSPS) is 20.7. The molecule has 2 saturated carbocycles. The molecule has 0 saturated heterocycles. The van der Waals surface area contributed by atoms with Crippen LogP contribution in [-0.2, 0) is 0 Å². The Morgan fingerprint density at radius 1 is 0.889 bits per heavy atom. The smallest absolute Gasteiger partial charge is 0.254 e. The maximum Gasteiger partial charge on any atom is 0.254 e. The Labute approximate surface area is 109 Å². The highest BCUT2D eigenvalue weighted by Gasteiger charge is 2.37. The van der Waals surface area contributed by atoms with Crippen LogP contribution in [0.1, 0.15) is 55.3 Å². The second-order valence-corrected chi connectivity index (χ2v) is 5.60. The molecule has 1 amide bonds. The number of carbonyl (C=O) groups excluding carboxylic acids is 1. The van der Waals surface area contributed by atoms with Crippen molar-refractivity contribution < 1.29 is 4.79 Å². The average Bonchev–Trinajstić information content (AvgIpc) is 3.26. The predicted molar refractivity (Wildman–Crippen MR) is 72.5 cm³/mol. The number of nitrogens with zero attached hydrogens (tertiary/aromatic N) is 1. The van der Waals surface area contributed by atoms with Gasteiger partial charge in [0.1, 0.15) is 0 Å². The second-order valence-electron chi connectivity index (χ2n) is 5.60. The van der Waals surface area contributed by atoms with E-state index >= 15 is 0 Å². The van der Waals surface area contributed by atoms with Crippen molar-refractivity contribution in [3.63, 3.8) is 0 Å². The molecule has 1 aromatic carbocycles. The lowest BCUT2D eigenvalue weighted by Crippen LogP contribution is -2.43. The van der Waals surface area contributed by atoms with Crippen LogP contribution in [0, 0.1) is 0 Å². The van der Waals surface area contributed by atoms with Gasteiger partial charge in [-0.25, -0.2) is 0 Å². The predicted octanol–water partition coefficient (Wildman–Crippen LogP) is 3.62. The van der Waals surface area contributed by atoms with E-state index in [9.17, 15) is 4.79 Å². The maximum atomic E-state index is 12.7. The average molecular weight is 243 g/mol. The van der Waals surface area contributed by atoms with Crippen molar-refractivity contribution in [2.45, 2.75) is 57.0 Å². The molecule has 2 nitrogen and oxygen atoms in total. The van der Waals surface area contributed by atoms with Gasteiger partial charge in [0.25, 0.3) is 5.91 Å². The zero-order valence-electron chi connectivity index (χ0n) is 10.8. The molecule has 3 rings (SSSR count). The van der Waals surface area contributed by atoms with Crippen LogP contribution in [0.25, 0.3) is 0 Å². The van der Waals surface area contributed by atoms with Gasteiger partial charge in [0.2, 0.25) is 0 Å². The van der Waals surface area contributed by atoms with Gasteiger partial charge in [-0.15, -0.1) is 0 Å². The van der Waals surface area contributed by atoms with Crippen molar-refractivity contribution in [3.8, 4) is 0 Å². The molecule has 2 fully saturated rings. The molecule has 0 atom stereocenters. The van der Waals surface area contributed by atoms with Gasteiger partial charge in [-0.3, -0.25) is 4.79 Å². The minimum Gasteiger partial charge on any atom is -0.333 e. The minimum absolute atomic E-state index is 0.255.